The van der Waals surface area contributed by atoms with Crippen LogP contribution in [0.5, 0.6) is 5.75 Å². The lowest BCUT2D eigenvalue weighted by molar-refractivity contribution is -0.138. The van der Waals surface area contributed by atoms with Gasteiger partial charge >= 0.3 is 18.3 Å². The van der Waals surface area contributed by atoms with E-state index in [2.05, 4.69) is 0 Å². The third-order valence-corrected chi connectivity index (χ3v) is 4.49. The van der Waals surface area contributed by atoms with Gasteiger partial charge in [-0.25, -0.2) is 9.18 Å². The molecule has 0 aliphatic rings. The predicted octanol–water partition coefficient (Wildman–Crippen LogP) is 6.80. The van der Waals surface area contributed by atoms with E-state index in [9.17, 15) is 35.5 Å². The van der Waals surface area contributed by atoms with Crippen molar-refractivity contribution in [2.45, 2.75) is 25.6 Å². The number of benzene rings is 3. The number of carbonyl (C=O) groups is 1. The van der Waals surface area contributed by atoms with E-state index in [4.69, 9.17) is 9.47 Å². The Kier molecular flexibility index (Phi) is 6.95. The molecular formula is C23H15F7O3. The molecule has 174 valence electrons. The SMILES string of the molecule is O=C(OCc1ccc(C(F)(F)F)cc1)c1ccc(OCc2ccc(C(F)(F)F)cc2)c(F)c1. The fourth-order valence-electron chi connectivity index (χ4n) is 2.72. The Hall–Kier alpha value is -3.56. The van der Waals surface area contributed by atoms with Crippen molar-refractivity contribution in [1.29, 1.82) is 0 Å². The highest BCUT2D eigenvalue weighted by atomic mass is 19.4. The van der Waals surface area contributed by atoms with Crippen LogP contribution in [0.15, 0.2) is 66.7 Å². The molecule has 3 aromatic carbocycles. The maximum atomic E-state index is 14.3. The van der Waals surface area contributed by atoms with Crippen LogP contribution in [0.3, 0.4) is 0 Å². The Morgan fingerprint density at radius 2 is 1.18 bits per heavy atom. The second kappa shape index (κ2) is 9.51. The monoisotopic (exact) mass is 472 g/mol. The molecule has 0 heterocycles. The molecule has 3 rings (SSSR count). The van der Waals surface area contributed by atoms with Crippen molar-refractivity contribution in [3.63, 3.8) is 0 Å². The van der Waals surface area contributed by atoms with Crippen molar-refractivity contribution < 1.29 is 45.0 Å². The molecule has 0 aromatic heterocycles. The molecule has 33 heavy (non-hydrogen) atoms. The van der Waals surface area contributed by atoms with Crippen molar-refractivity contribution in [3.8, 4) is 5.75 Å². The minimum atomic E-state index is -4.48. The molecular weight excluding hydrogens is 457 g/mol. The molecule has 0 aliphatic carbocycles. The molecule has 0 aliphatic heterocycles. The summed E-state index contributed by atoms with van der Waals surface area (Å²) in [7, 11) is 0. The standard InChI is InChI=1S/C23H15F7O3/c24-19-11-16(21(31)33-13-15-3-8-18(9-4-15)23(28,29)30)5-10-20(19)32-12-14-1-6-17(7-2-14)22(25,26)27/h1-11H,12-13H2. The first-order valence-electron chi connectivity index (χ1n) is 9.35. The van der Waals surface area contributed by atoms with E-state index < -0.39 is 35.3 Å². The van der Waals surface area contributed by atoms with Gasteiger partial charge in [0.1, 0.15) is 13.2 Å². The molecule has 0 fully saturated rings. The lowest BCUT2D eigenvalue weighted by Gasteiger charge is -2.11. The Morgan fingerprint density at radius 3 is 1.64 bits per heavy atom. The molecule has 0 radical (unpaired) electrons. The number of hydrogen-bond acceptors (Lipinski definition) is 3. The minimum Gasteiger partial charge on any atom is -0.486 e. The first-order chi connectivity index (χ1) is 15.4. The molecule has 0 spiro atoms. The van der Waals surface area contributed by atoms with Crippen LogP contribution >= 0.6 is 0 Å². The number of esters is 1. The first-order valence-corrected chi connectivity index (χ1v) is 9.35. The summed E-state index contributed by atoms with van der Waals surface area (Å²) >= 11 is 0. The molecule has 0 amide bonds. The van der Waals surface area contributed by atoms with Crippen molar-refractivity contribution in [2.75, 3.05) is 0 Å². The van der Waals surface area contributed by atoms with Gasteiger partial charge in [-0.1, -0.05) is 24.3 Å². The zero-order chi connectivity index (χ0) is 24.2. The van der Waals surface area contributed by atoms with Gasteiger partial charge in [-0.3, -0.25) is 0 Å². The van der Waals surface area contributed by atoms with Gasteiger partial charge in [0.05, 0.1) is 16.7 Å². The van der Waals surface area contributed by atoms with E-state index in [1.165, 1.54) is 18.2 Å². The molecule has 3 nitrogen and oxygen atoms in total. The van der Waals surface area contributed by atoms with Crippen LogP contribution in [0.1, 0.15) is 32.6 Å². The largest absolute Gasteiger partial charge is 0.486 e. The van der Waals surface area contributed by atoms with Crippen molar-refractivity contribution in [3.05, 3.63) is 100 Å². The van der Waals surface area contributed by atoms with E-state index in [1.54, 1.807) is 0 Å². The Bertz CT molecular complexity index is 1100. The van der Waals surface area contributed by atoms with Crippen molar-refractivity contribution in [1.82, 2.24) is 0 Å². The fraction of sp³-hybridized carbons (Fsp3) is 0.174. The third-order valence-electron chi connectivity index (χ3n) is 4.49. The molecule has 10 heteroatoms. The first kappa shape index (κ1) is 24.1. The van der Waals surface area contributed by atoms with Crippen LogP contribution in [-0.2, 0) is 30.3 Å². The molecule has 3 aromatic rings. The molecule has 0 bridgehead atoms. The summed E-state index contributed by atoms with van der Waals surface area (Å²) in [5, 5.41) is 0. The average molecular weight is 472 g/mol. The normalized spacial score (nSPS) is 11.8. The van der Waals surface area contributed by atoms with Crippen molar-refractivity contribution in [2.24, 2.45) is 0 Å². The van der Waals surface area contributed by atoms with E-state index in [0.29, 0.717) is 11.1 Å². The smallest absolute Gasteiger partial charge is 0.416 e. The van der Waals surface area contributed by atoms with E-state index >= 15 is 0 Å². The van der Waals surface area contributed by atoms with Crippen molar-refractivity contribution >= 4 is 5.97 Å². The Balaban J connectivity index is 1.56. The van der Waals surface area contributed by atoms with Crippen LogP contribution in [0.4, 0.5) is 30.7 Å². The van der Waals surface area contributed by atoms with E-state index in [1.807, 2.05) is 0 Å². The van der Waals surface area contributed by atoms with Gasteiger partial charge in [0, 0.05) is 0 Å². The zero-order valence-corrected chi connectivity index (χ0v) is 16.6. The lowest BCUT2D eigenvalue weighted by Crippen LogP contribution is -2.08. The highest BCUT2D eigenvalue weighted by Gasteiger charge is 2.30. The summed E-state index contributed by atoms with van der Waals surface area (Å²) in [6, 6.07) is 11.4. The highest BCUT2D eigenvalue weighted by molar-refractivity contribution is 5.89. The van der Waals surface area contributed by atoms with Gasteiger partial charge in [0.15, 0.2) is 11.6 Å². The van der Waals surface area contributed by atoms with Gasteiger partial charge in [-0.05, 0) is 53.6 Å². The van der Waals surface area contributed by atoms with Crippen LogP contribution in [0, 0.1) is 5.82 Å². The van der Waals surface area contributed by atoms with E-state index in [-0.39, 0.29) is 24.5 Å². The lowest BCUT2D eigenvalue weighted by atomic mass is 10.1. The van der Waals surface area contributed by atoms with Gasteiger partial charge in [-0.2, -0.15) is 26.3 Å². The summed E-state index contributed by atoms with van der Waals surface area (Å²) in [6.45, 7) is -0.516. The van der Waals surface area contributed by atoms with Gasteiger partial charge < -0.3 is 9.47 Å². The number of halogens is 7. The van der Waals surface area contributed by atoms with Crippen LogP contribution in [-0.4, -0.2) is 5.97 Å². The number of ether oxygens (including phenoxy) is 2. The predicted molar refractivity (Wildman–Crippen MR) is 103 cm³/mol. The number of hydrogen-bond donors (Lipinski definition) is 0. The van der Waals surface area contributed by atoms with Crippen LogP contribution in [0.2, 0.25) is 0 Å². The number of carbonyl (C=O) groups excluding carboxylic acids is 1. The fourth-order valence-corrected chi connectivity index (χ4v) is 2.72. The molecule has 0 unspecified atom stereocenters. The Morgan fingerprint density at radius 1 is 0.697 bits per heavy atom. The summed E-state index contributed by atoms with van der Waals surface area (Å²) in [4.78, 5) is 12.1. The third kappa shape index (κ3) is 6.47. The maximum absolute atomic E-state index is 14.3. The zero-order valence-electron chi connectivity index (χ0n) is 16.6. The maximum Gasteiger partial charge on any atom is 0.416 e. The van der Waals surface area contributed by atoms with Crippen LogP contribution < -0.4 is 4.74 Å². The summed E-state index contributed by atoms with van der Waals surface area (Å²) in [5.41, 5.74) is -1.12. The van der Waals surface area contributed by atoms with Gasteiger partial charge in [-0.15, -0.1) is 0 Å². The molecule has 0 saturated heterocycles. The topological polar surface area (TPSA) is 35.5 Å². The molecule has 0 atom stereocenters. The molecule has 0 N–H and O–H groups in total. The second-order valence-electron chi connectivity index (χ2n) is 6.90. The second-order valence-corrected chi connectivity index (χ2v) is 6.90. The highest BCUT2D eigenvalue weighted by Crippen LogP contribution is 2.30. The minimum absolute atomic E-state index is 0.152. The average Bonchev–Trinajstić information content (AvgIpc) is 2.76. The van der Waals surface area contributed by atoms with E-state index in [0.717, 1.165) is 48.5 Å². The van der Waals surface area contributed by atoms with Gasteiger partial charge in [0.25, 0.3) is 0 Å². The van der Waals surface area contributed by atoms with Gasteiger partial charge in [0.2, 0.25) is 0 Å². The summed E-state index contributed by atoms with van der Waals surface area (Å²) in [5.74, 6) is -2.02. The number of alkyl halides is 6. The number of rotatable bonds is 6. The van der Waals surface area contributed by atoms with Crippen LogP contribution in [0.25, 0.3) is 0 Å². The summed E-state index contributed by atoms with van der Waals surface area (Å²) < 4.78 is 99.9. The quantitative estimate of drug-likeness (QED) is 0.293. The summed E-state index contributed by atoms with van der Waals surface area (Å²) in [6.07, 6.45) is -8.95. The Labute approximate surface area is 183 Å². The molecule has 0 saturated carbocycles.